The smallest absolute Gasteiger partial charge is 0.133 e. The Morgan fingerprint density at radius 3 is 2.65 bits per heavy atom. The van der Waals surface area contributed by atoms with Crippen LogP contribution in [0, 0.1) is 18.8 Å². The van der Waals surface area contributed by atoms with Crippen molar-refractivity contribution in [2.75, 3.05) is 18.0 Å². The lowest BCUT2D eigenvalue weighted by molar-refractivity contribution is 0.355. The maximum Gasteiger partial charge on any atom is 0.133 e. The SMILES string of the molecule is Cc1cccc(CSc2cc(N3CC(C)CC(C)C3)ncn2)c1. The lowest BCUT2D eigenvalue weighted by Crippen LogP contribution is -2.39. The highest BCUT2D eigenvalue weighted by molar-refractivity contribution is 7.98. The first-order chi connectivity index (χ1) is 11.1. The molecule has 0 amide bonds. The van der Waals surface area contributed by atoms with E-state index in [1.807, 2.05) is 0 Å². The van der Waals surface area contributed by atoms with E-state index in [9.17, 15) is 0 Å². The van der Waals surface area contributed by atoms with Crippen LogP contribution in [0.4, 0.5) is 5.82 Å². The van der Waals surface area contributed by atoms with Crippen LogP contribution in [0.3, 0.4) is 0 Å². The van der Waals surface area contributed by atoms with Crippen LogP contribution >= 0.6 is 11.8 Å². The molecule has 2 unspecified atom stereocenters. The third-order valence-corrected chi connectivity index (χ3v) is 5.29. The van der Waals surface area contributed by atoms with E-state index in [4.69, 9.17) is 0 Å². The Morgan fingerprint density at radius 1 is 1.13 bits per heavy atom. The van der Waals surface area contributed by atoms with Crippen LogP contribution in [0.5, 0.6) is 0 Å². The first kappa shape index (κ1) is 16.3. The molecule has 0 spiro atoms. The van der Waals surface area contributed by atoms with E-state index in [0.29, 0.717) is 0 Å². The van der Waals surface area contributed by atoms with Crippen molar-refractivity contribution in [1.29, 1.82) is 0 Å². The third-order valence-electron chi connectivity index (χ3n) is 4.29. The number of rotatable bonds is 4. The van der Waals surface area contributed by atoms with Gasteiger partial charge in [-0.3, -0.25) is 0 Å². The van der Waals surface area contributed by atoms with Gasteiger partial charge >= 0.3 is 0 Å². The molecule has 0 bridgehead atoms. The molecule has 0 aliphatic carbocycles. The molecule has 1 aliphatic rings. The van der Waals surface area contributed by atoms with Gasteiger partial charge in [-0.05, 0) is 30.7 Å². The standard InChI is InChI=1S/C19H25N3S/c1-14-5-4-6-17(8-14)12-23-19-9-18(20-13-21-19)22-10-15(2)7-16(3)11-22/h4-6,8-9,13,15-16H,7,10-12H2,1-3H3. The normalized spacial score (nSPS) is 21.4. The van der Waals surface area contributed by atoms with Gasteiger partial charge in [0.25, 0.3) is 0 Å². The van der Waals surface area contributed by atoms with Crippen molar-refractivity contribution in [3.63, 3.8) is 0 Å². The Bertz CT molecular complexity index is 649. The first-order valence-corrected chi connectivity index (χ1v) is 9.34. The molecule has 1 fully saturated rings. The molecule has 1 aromatic carbocycles. The number of hydrogen-bond acceptors (Lipinski definition) is 4. The average molecular weight is 327 g/mol. The fraction of sp³-hybridized carbons (Fsp3) is 0.474. The van der Waals surface area contributed by atoms with Gasteiger partial charge in [0.15, 0.2) is 0 Å². The number of hydrogen-bond donors (Lipinski definition) is 0. The second-order valence-corrected chi connectivity index (χ2v) is 7.84. The zero-order valence-corrected chi connectivity index (χ0v) is 15.0. The summed E-state index contributed by atoms with van der Waals surface area (Å²) in [5, 5.41) is 1.06. The van der Waals surface area contributed by atoms with Crippen LogP contribution < -0.4 is 4.90 Å². The number of aromatic nitrogens is 2. The summed E-state index contributed by atoms with van der Waals surface area (Å²) in [6.07, 6.45) is 3.02. The molecule has 23 heavy (non-hydrogen) atoms. The summed E-state index contributed by atoms with van der Waals surface area (Å²) in [4.78, 5) is 11.4. The molecular weight excluding hydrogens is 302 g/mol. The van der Waals surface area contributed by atoms with Crippen molar-refractivity contribution in [1.82, 2.24) is 9.97 Å². The summed E-state index contributed by atoms with van der Waals surface area (Å²) in [6, 6.07) is 10.8. The molecular formula is C19H25N3S. The van der Waals surface area contributed by atoms with Crippen LogP contribution in [0.1, 0.15) is 31.4 Å². The van der Waals surface area contributed by atoms with E-state index in [1.165, 1.54) is 17.5 Å². The van der Waals surface area contributed by atoms with Crippen LogP contribution in [0.2, 0.25) is 0 Å². The molecule has 1 aromatic heterocycles. The summed E-state index contributed by atoms with van der Waals surface area (Å²) in [5.74, 6) is 3.49. The fourth-order valence-electron chi connectivity index (χ4n) is 3.39. The number of piperidine rings is 1. The molecule has 0 N–H and O–H groups in total. The van der Waals surface area contributed by atoms with Gasteiger partial charge in [0, 0.05) is 24.9 Å². The van der Waals surface area contributed by atoms with Crippen molar-refractivity contribution < 1.29 is 0 Å². The quantitative estimate of drug-likeness (QED) is 0.608. The van der Waals surface area contributed by atoms with E-state index in [1.54, 1.807) is 18.1 Å². The summed E-state index contributed by atoms with van der Waals surface area (Å²) in [7, 11) is 0. The van der Waals surface area contributed by atoms with Crippen LogP contribution in [0.15, 0.2) is 41.7 Å². The van der Waals surface area contributed by atoms with Crippen LogP contribution in [-0.2, 0) is 5.75 Å². The number of nitrogens with zero attached hydrogens (tertiary/aromatic N) is 3. The van der Waals surface area contributed by atoms with Gasteiger partial charge in [0.1, 0.15) is 17.2 Å². The minimum Gasteiger partial charge on any atom is -0.356 e. The Labute approximate surface area is 143 Å². The molecule has 2 aromatic rings. The van der Waals surface area contributed by atoms with Crippen molar-refractivity contribution in [2.24, 2.45) is 11.8 Å². The van der Waals surface area contributed by atoms with Crippen molar-refractivity contribution in [3.8, 4) is 0 Å². The molecule has 1 aliphatic heterocycles. The molecule has 3 nitrogen and oxygen atoms in total. The maximum absolute atomic E-state index is 4.50. The van der Waals surface area contributed by atoms with Gasteiger partial charge in [-0.25, -0.2) is 9.97 Å². The number of aryl methyl sites for hydroxylation is 1. The highest BCUT2D eigenvalue weighted by Crippen LogP contribution is 2.28. The summed E-state index contributed by atoms with van der Waals surface area (Å²) >= 11 is 1.78. The predicted octanol–water partition coefficient (Wildman–Crippen LogP) is 4.56. The number of thioether (sulfide) groups is 1. The van der Waals surface area contributed by atoms with Gasteiger partial charge in [-0.1, -0.05) is 43.7 Å². The number of benzene rings is 1. The maximum atomic E-state index is 4.50. The van der Waals surface area contributed by atoms with Gasteiger partial charge < -0.3 is 4.90 Å². The topological polar surface area (TPSA) is 29.0 Å². The van der Waals surface area contributed by atoms with Crippen LogP contribution in [-0.4, -0.2) is 23.1 Å². The van der Waals surface area contributed by atoms with Crippen molar-refractivity contribution >= 4 is 17.6 Å². The monoisotopic (exact) mass is 327 g/mol. The van der Waals surface area contributed by atoms with E-state index in [0.717, 1.165) is 41.5 Å². The zero-order chi connectivity index (χ0) is 16.2. The Kier molecular flexibility index (Phi) is 5.21. The van der Waals surface area contributed by atoms with Gasteiger partial charge in [-0.2, -0.15) is 0 Å². The van der Waals surface area contributed by atoms with Gasteiger partial charge in [-0.15, -0.1) is 11.8 Å². The highest BCUT2D eigenvalue weighted by atomic mass is 32.2. The van der Waals surface area contributed by atoms with E-state index in [2.05, 4.69) is 66.0 Å². The third kappa shape index (κ3) is 4.47. The predicted molar refractivity (Wildman–Crippen MR) is 97.9 cm³/mol. The first-order valence-electron chi connectivity index (χ1n) is 8.35. The minimum absolute atomic E-state index is 0.733. The Morgan fingerprint density at radius 2 is 1.91 bits per heavy atom. The summed E-state index contributed by atoms with van der Waals surface area (Å²) < 4.78 is 0. The molecule has 122 valence electrons. The largest absolute Gasteiger partial charge is 0.356 e. The molecule has 1 saturated heterocycles. The zero-order valence-electron chi connectivity index (χ0n) is 14.2. The summed E-state index contributed by atoms with van der Waals surface area (Å²) in [6.45, 7) is 9.00. The Hall–Kier alpha value is -1.55. The number of anilines is 1. The van der Waals surface area contributed by atoms with Crippen LogP contribution in [0.25, 0.3) is 0 Å². The second kappa shape index (κ2) is 7.35. The molecule has 2 heterocycles. The lowest BCUT2D eigenvalue weighted by atomic mass is 9.92. The van der Waals surface area contributed by atoms with Crippen molar-refractivity contribution in [3.05, 3.63) is 47.8 Å². The van der Waals surface area contributed by atoms with Gasteiger partial charge in [0.05, 0.1) is 0 Å². The van der Waals surface area contributed by atoms with E-state index in [-0.39, 0.29) is 0 Å². The molecule has 3 rings (SSSR count). The van der Waals surface area contributed by atoms with E-state index >= 15 is 0 Å². The average Bonchev–Trinajstić information content (AvgIpc) is 2.52. The molecule has 4 heteroatoms. The lowest BCUT2D eigenvalue weighted by Gasteiger charge is -2.35. The van der Waals surface area contributed by atoms with Crippen molar-refractivity contribution in [2.45, 2.75) is 38.0 Å². The minimum atomic E-state index is 0.733. The Balaban J connectivity index is 1.67. The fourth-order valence-corrected chi connectivity index (χ4v) is 4.20. The molecule has 0 saturated carbocycles. The summed E-state index contributed by atoms with van der Waals surface area (Å²) in [5.41, 5.74) is 2.65. The van der Waals surface area contributed by atoms with E-state index < -0.39 is 0 Å². The molecule has 2 atom stereocenters. The highest BCUT2D eigenvalue weighted by Gasteiger charge is 2.22. The van der Waals surface area contributed by atoms with Gasteiger partial charge in [0.2, 0.25) is 0 Å². The second-order valence-electron chi connectivity index (χ2n) is 6.84. The molecule has 0 radical (unpaired) electrons.